The van der Waals surface area contributed by atoms with Crippen LogP contribution in [-0.4, -0.2) is 20.7 Å². The van der Waals surface area contributed by atoms with Gasteiger partial charge in [0.25, 0.3) is 0 Å². The summed E-state index contributed by atoms with van der Waals surface area (Å²) in [4.78, 5) is 10.9. The van der Waals surface area contributed by atoms with E-state index in [1.165, 1.54) is 12.2 Å². The number of carbonyl (C=O) groups is 1. The second kappa shape index (κ2) is 4.56. The van der Waals surface area contributed by atoms with Crippen molar-refractivity contribution in [1.29, 1.82) is 0 Å². The maximum Gasteiger partial charge on any atom is 0.339 e. The van der Waals surface area contributed by atoms with Crippen LogP contribution in [0.15, 0.2) is 41.7 Å². The Morgan fingerprint density at radius 2 is 1.83 bits per heavy atom. The Balaban J connectivity index is 2.45. The molecular formula is C14H15NO3. The summed E-state index contributed by atoms with van der Waals surface area (Å²) in [5, 5.41) is 18.8. The zero-order valence-electron chi connectivity index (χ0n) is 10.3. The average Bonchev–Trinajstić information content (AvgIpc) is 2.51. The average molecular weight is 245 g/mol. The highest BCUT2D eigenvalue weighted by molar-refractivity contribution is 5.92. The fourth-order valence-electron chi connectivity index (χ4n) is 2.11. The van der Waals surface area contributed by atoms with Gasteiger partial charge in [-0.25, -0.2) is 4.79 Å². The smallest absolute Gasteiger partial charge is 0.339 e. The molecule has 18 heavy (non-hydrogen) atoms. The second-order valence-corrected chi connectivity index (χ2v) is 4.27. The lowest BCUT2D eigenvalue weighted by atomic mass is 10.2. The Morgan fingerprint density at radius 3 is 2.39 bits per heavy atom. The number of aliphatic carboxylic acids is 1. The molecule has 0 bridgehead atoms. The summed E-state index contributed by atoms with van der Waals surface area (Å²) in [7, 11) is 0. The number of hydrogen-bond acceptors (Lipinski definition) is 2. The molecule has 0 aromatic carbocycles. The highest BCUT2D eigenvalue weighted by Gasteiger charge is 2.16. The number of allylic oxidation sites excluding steroid dienone is 4. The molecule has 2 N–H and O–H groups in total. The number of carboxylic acids is 1. The fraction of sp³-hybridized carbons (Fsp3) is 0.214. The van der Waals surface area contributed by atoms with Crippen LogP contribution < -0.4 is 0 Å². The minimum Gasteiger partial charge on any atom is -0.507 e. The summed E-state index contributed by atoms with van der Waals surface area (Å²) in [5.41, 5.74) is 2.83. The largest absolute Gasteiger partial charge is 0.507 e. The van der Waals surface area contributed by atoms with Crippen LogP contribution >= 0.6 is 0 Å². The molecule has 0 aliphatic heterocycles. The number of hydrogen-bond donors (Lipinski definition) is 2. The molecule has 4 nitrogen and oxygen atoms in total. The van der Waals surface area contributed by atoms with Crippen LogP contribution in [-0.2, 0) is 4.79 Å². The zero-order valence-corrected chi connectivity index (χ0v) is 10.3. The van der Waals surface area contributed by atoms with Gasteiger partial charge in [-0.3, -0.25) is 0 Å². The van der Waals surface area contributed by atoms with E-state index in [1.54, 1.807) is 0 Å². The van der Waals surface area contributed by atoms with Crippen LogP contribution in [0.1, 0.15) is 17.8 Å². The molecule has 0 saturated heterocycles. The van der Waals surface area contributed by atoms with Crippen molar-refractivity contribution in [3.8, 4) is 0 Å². The minimum absolute atomic E-state index is 0.0521. The number of nitrogens with zero attached hydrogens (tertiary/aromatic N) is 1. The first kappa shape index (κ1) is 12.2. The van der Waals surface area contributed by atoms with Crippen molar-refractivity contribution < 1.29 is 15.0 Å². The third-order valence-corrected chi connectivity index (χ3v) is 2.97. The lowest BCUT2D eigenvalue weighted by Crippen LogP contribution is -2.04. The molecule has 0 radical (unpaired) electrons. The maximum absolute atomic E-state index is 10.9. The van der Waals surface area contributed by atoms with Crippen LogP contribution in [0.5, 0.6) is 0 Å². The lowest BCUT2D eigenvalue weighted by molar-refractivity contribution is -0.132. The fourth-order valence-corrected chi connectivity index (χ4v) is 2.11. The van der Waals surface area contributed by atoms with Crippen LogP contribution in [0, 0.1) is 13.8 Å². The van der Waals surface area contributed by atoms with Crippen molar-refractivity contribution in [2.75, 3.05) is 0 Å². The van der Waals surface area contributed by atoms with Crippen molar-refractivity contribution in [1.82, 2.24) is 4.57 Å². The molecule has 0 fully saturated rings. The van der Waals surface area contributed by atoms with Gasteiger partial charge in [0.15, 0.2) is 0 Å². The van der Waals surface area contributed by atoms with Gasteiger partial charge in [0.05, 0.1) is 5.57 Å². The highest BCUT2D eigenvalue weighted by Crippen LogP contribution is 2.23. The molecule has 1 aromatic heterocycles. The van der Waals surface area contributed by atoms with E-state index in [9.17, 15) is 9.90 Å². The predicted octanol–water partition coefficient (Wildman–Crippen LogP) is 2.80. The molecule has 0 atom stereocenters. The lowest BCUT2D eigenvalue weighted by Gasteiger charge is -2.10. The highest BCUT2D eigenvalue weighted by atomic mass is 16.4. The Bertz CT molecular complexity index is 569. The van der Waals surface area contributed by atoms with Crippen LogP contribution in [0.2, 0.25) is 0 Å². The summed E-state index contributed by atoms with van der Waals surface area (Å²) >= 11 is 0. The molecule has 94 valence electrons. The first-order valence-corrected chi connectivity index (χ1v) is 5.70. The number of aryl methyl sites for hydroxylation is 2. The van der Waals surface area contributed by atoms with Crippen molar-refractivity contribution in [2.24, 2.45) is 0 Å². The van der Waals surface area contributed by atoms with Crippen LogP contribution in [0.3, 0.4) is 0 Å². The number of aromatic nitrogens is 1. The van der Waals surface area contributed by atoms with Crippen LogP contribution in [0.25, 0.3) is 5.70 Å². The molecule has 4 heteroatoms. The molecule has 1 aliphatic carbocycles. The Labute approximate surface area is 105 Å². The molecule has 0 amide bonds. The quantitative estimate of drug-likeness (QED) is 0.842. The maximum atomic E-state index is 10.9. The van der Waals surface area contributed by atoms with E-state index < -0.39 is 5.97 Å². The molecule has 1 aliphatic rings. The van der Waals surface area contributed by atoms with Crippen molar-refractivity contribution in [3.63, 3.8) is 0 Å². The summed E-state index contributed by atoms with van der Waals surface area (Å²) in [6, 6.07) is 3.97. The van der Waals surface area contributed by atoms with E-state index in [2.05, 4.69) is 0 Å². The molecule has 0 unspecified atom stereocenters. The molecule has 1 heterocycles. The van der Waals surface area contributed by atoms with Crippen molar-refractivity contribution in [2.45, 2.75) is 20.3 Å². The van der Waals surface area contributed by atoms with E-state index in [1.807, 2.05) is 36.6 Å². The molecule has 1 aromatic rings. The van der Waals surface area contributed by atoms with E-state index in [-0.39, 0.29) is 11.3 Å². The Kier molecular flexibility index (Phi) is 3.10. The number of aliphatic hydroxyl groups is 1. The van der Waals surface area contributed by atoms with Crippen LogP contribution in [0.4, 0.5) is 0 Å². The summed E-state index contributed by atoms with van der Waals surface area (Å²) in [5.74, 6) is -1.32. The third kappa shape index (κ3) is 2.09. The molecule has 0 spiro atoms. The van der Waals surface area contributed by atoms with Gasteiger partial charge in [0.2, 0.25) is 0 Å². The zero-order chi connectivity index (χ0) is 13.3. The van der Waals surface area contributed by atoms with Gasteiger partial charge in [-0.05, 0) is 32.4 Å². The third-order valence-electron chi connectivity index (χ3n) is 2.97. The molecular weight excluding hydrogens is 230 g/mol. The Morgan fingerprint density at radius 1 is 1.22 bits per heavy atom. The van der Waals surface area contributed by atoms with Gasteiger partial charge >= 0.3 is 5.97 Å². The van der Waals surface area contributed by atoms with Crippen molar-refractivity contribution >= 4 is 11.7 Å². The van der Waals surface area contributed by atoms with Gasteiger partial charge in [-0.15, -0.1) is 0 Å². The first-order valence-electron chi connectivity index (χ1n) is 5.70. The summed E-state index contributed by atoms with van der Waals surface area (Å²) in [6.45, 7) is 3.93. The minimum atomic E-state index is -1.11. The monoisotopic (exact) mass is 245 g/mol. The van der Waals surface area contributed by atoms with E-state index in [0.717, 1.165) is 17.1 Å². The van der Waals surface area contributed by atoms with E-state index in [0.29, 0.717) is 6.42 Å². The standard InChI is InChI=1S/C14H15NO3/c1-9-6-7-10(2)15(9)11-4-3-5-12(14(17)18)13(16)8-11/h4-8,16H,3H2,1-2H3,(H,17,18). The SMILES string of the molecule is Cc1ccc(C)n1C1=CCC=C(C(=O)O)C(O)=C1. The number of aliphatic hydroxyl groups excluding tert-OH is 1. The number of carboxylic acid groups (broad SMARTS) is 1. The van der Waals surface area contributed by atoms with Gasteiger partial charge < -0.3 is 14.8 Å². The Hall–Kier alpha value is -2.23. The van der Waals surface area contributed by atoms with Gasteiger partial charge in [-0.2, -0.15) is 0 Å². The topological polar surface area (TPSA) is 62.5 Å². The van der Waals surface area contributed by atoms with Gasteiger partial charge in [-0.1, -0.05) is 12.2 Å². The van der Waals surface area contributed by atoms with E-state index in [4.69, 9.17) is 5.11 Å². The van der Waals surface area contributed by atoms with E-state index >= 15 is 0 Å². The van der Waals surface area contributed by atoms with Crippen molar-refractivity contribution in [3.05, 3.63) is 53.1 Å². The normalized spacial score (nSPS) is 15.6. The molecule has 0 saturated carbocycles. The van der Waals surface area contributed by atoms with Gasteiger partial charge in [0, 0.05) is 23.2 Å². The summed E-state index contributed by atoms with van der Waals surface area (Å²) in [6.07, 6.45) is 5.38. The van der Waals surface area contributed by atoms with Gasteiger partial charge in [0.1, 0.15) is 5.76 Å². The predicted molar refractivity (Wildman–Crippen MR) is 69.2 cm³/mol. The summed E-state index contributed by atoms with van der Waals surface area (Å²) < 4.78 is 1.98. The second-order valence-electron chi connectivity index (χ2n) is 4.27. The number of rotatable bonds is 2. The first-order chi connectivity index (χ1) is 8.50. The molecule has 2 rings (SSSR count).